The number of nitrogens with one attached hydrogen (secondary N) is 1. The fraction of sp³-hybridized carbons (Fsp3) is 0.933. The van der Waals surface area contributed by atoms with Gasteiger partial charge in [-0.15, -0.1) is 0 Å². The van der Waals surface area contributed by atoms with Crippen molar-refractivity contribution < 1.29 is 4.79 Å². The van der Waals surface area contributed by atoms with Gasteiger partial charge in [0.1, 0.15) is 0 Å². The van der Waals surface area contributed by atoms with Gasteiger partial charge in [0, 0.05) is 18.6 Å². The normalized spacial score (nSPS) is 28.0. The minimum absolute atomic E-state index is 0.218. The van der Waals surface area contributed by atoms with E-state index in [0.29, 0.717) is 17.5 Å². The molecule has 4 heteroatoms. The first-order chi connectivity index (χ1) is 8.72. The lowest BCUT2D eigenvalue weighted by Gasteiger charge is -2.35. The van der Waals surface area contributed by atoms with Gasteiger partial charge in [-0.25, -0.2) is 0 Å². The number of likely N-dealkylation sites (tertiary alicyclic amines) is 1. The monoisotopic (exact) mass is 267 g/mol. The van der Waals surface area contributed by atoms with Gasteiger partial charge in [-0.1, -0.05) is 13.8 Å². The molecule has 110 valence electrons. The second-order valence-corrected chi connectivity index (χ2v) is 7.55. The molecule has 0 spiro atoms. The molecule has 1 amide bonds. The highest BCUT2D eigenvalue weighted by atomic mass is 16.1. The zero-order chi connectivity index (χ0) is 14.3. The molecule has 0 aromatic rings. The summed E-state index contributed by atoms with van der Waals surface area (Å²) in [6.45, 7) is 11.1. The van der Waals surface area contributed by atoms with E-state index < -0.39 is 5.54 Å². The quantitative estimate of drug-likeness (QED) is 0.766. The van der Waals surface area contributed by atoms with E-state index in [9.17, 15) is 4.79 Å². The Labute approximate surface area is 117 Å². The summed E-state index contributed by atoms with van der Waals surface area (Å²) in [7, 11) is 0. The van der Waals surface area contributed by atoms with Crippen LogP contribution in [0.4, 0.5) is 0 Å². The first-order valence-corrected chi connectivity index (χ1v) is 7.53. The average molecular weight is 267 g/mol. The van der Waals surface area contributed by atoms with Gasteiger partial charge in [-0.3, -0.25) is 4.79 Å². The Morgan fingerprint density at radius 1 is 1.53 bits per heavy atom. The van der Waals surface area contributed by atoms with E-state index in [1.807, 2.05) is 6.92 Å². The highest BCUT2D eigenvalue weighted by molar-refractivity contribution is 5.84. The molecule has 0 bridgehead atoms. The molecule has 1 heterocycles. The van der Waals surface area contributed by atoms with Crippen LogP contribution in [0.25, 0.3) is 0 Å². The summed E-state index contributed by atoms with van der Waals surface area (Å²) >= 11 is 0. The van der Waals surface area contributed by atoms with Crippen LogP contribution in [0.3, 0.4) is 0 Å². The summed E-state index contributed by atoms with van der Waals surface area (Å²) in [5.74, 6) is -0.218. The van der Waals surface area contributed by atoms with Crippen LogP contribution in [0, 0.1) is 5.41 Å². The van der Waals surface area contributed by atoms with Gasteiger partial charge in [-0.2, -0.15) is 0 Å². The van der Waals surface area contributed by atoms with Gasteiger partial charge in [0.25, 0.3) is 0 Å². The number of nitrogens with zero attached hydrogens (tertiary/aromatic N) is 1. The molecule has 2 fully saturated rings. The van der Waals surface area contributed by atoms with Crippen LogP contribution in [0.15, 0.2) is 0 Å². The Hall–Kier alpha value is -0.610. The van der Waals surface area contributed by atoms with Crippen LogP contribution in [0.1, 0.15) is 53.4 Å². The predicted octanol–water partition coefficient (Wildman–Crippen LogP) is 1.49. The predicted molar refractivity (Wildman–Crippen MR) is 77.8 cm³/mol. The van der Waals surface area contributed by atoms with E-state index in [0.717, 1.165) is 19.5 Å². The van der Waals surface area contributed by atoms with Crippen LogP contribution < -0.4 is 11.1 Å². The number of nitrogens with two attached hydrogens (primary N) is 1. The van der Waals surface area contributed by atoms with Crippen LogP contribution in [-0.4, -0.2) is 41.5 Å². The number of hydrogen-bond donors (Lipinski definition) is 2. The number of hydrogen-bond acceptors (Lipinski definition) is 3. The minimum atomic E-state index is -0.562. The Bertz CT molecular complexity index is 351. The van der Waals surface area contributed by atoms with Crippen LogP contribution in [0.5, 0.6) is 0 Å². The lowest BCUT2D eigenvalue weighted by Crippen LogP contribution is -2.57. The average Bonchev–Trinajstić information content (AvgIpc) is 3.00. The van der Waals surface area contributed by atoms with Crippen molar-refractivity contribution in [3.05, 3.63) is 0 Å². The van der Waals surface area contributed by atoms with E-state index in [1.54, 1.807) is 0 Å². The van der Waals surface area contributed by atoms with Crippen LogP contribution in [0.2, 0.25) is 0 Å². The van der Waals surface area contributed by atoms with E-state index >= 15 is 0 Å². The van der Waals surface area contributed by atoms with Crippen molar-refractivity contribution >= 4 is 5.91 Å². The largest absolute Gasteiger partial charge is 0.368 e. The molecule has 3 N–H and O–H groups in total. The van der Waals surface area contributed by atoms with E-state index in [4.69, 9.17) is 5.73 Å². The lowest BCUT2D eigenvalue weighted by atomic mass is 9.91. The lowest BCUT2D eigenvalue weighted by molar-refractivity contribution is -0.124. The van der Waals surface area contributed by atoms with Gasteiger partial charge in [0.15, 0.2) is 0 Å². The molecule has 2 aliphatic rings. The molecule has 2 atom stereocenters. The fourth-order valence-electron chi connectivity index (χ4n) is 3.16. The van der Waals surface area contributed by atoms with Crippen molar-refractivity contribution in [2.24, 2.45) is 11.1 Å². The first kappa shape index (κ1) is 14.8. The maximum absolute atomic E-state index is 11.8. The van der Waals surface area contributed by atoms with Gasteiger partial charge in [0.05, 0.1) is 5.54 Å². The van der Waals surface area contributed by atoms with E-state index in [-0.39, 0.29) is 5.91 Å². The Morgan fingerprint density at radius 3 is 2.58 bits per heavy atom. The summed E-state index contributed by atoms with van der Waals surface area (Å²) in [6, 6.07) is 0.894. The topological polar surface area (TPSA) is 58.4 Å². The highest BCUT2D eigenvalue weighted by Crippen LogP contribution is 2.32. The van der Waals surface area contributed by atoms with E-state index in [1.165, 1.54) is 19.3 Å². The molecular formula is C15H29N3O. The molecular weight excluding hydrogens is 238 g/mol. The molecule has 1 aliphatic heterocycles. The molecule has 1 saturated heterocycles. The fourth-order valence-corrected chi connectivity index (χ4v) is 3.16. The van der Waals surface area contributed by atoms with Gasteiger partial charge < -0.3 is 16.0 Å². The first-order valence-electron chi connectivity index (χ1n) is 7.53. The molecule has 19 heavy (non-hydrogen) atoms. The van der Waals surface area contributed by atoms with Crippen LogP contribution >= 0.6 is 0 Å². The van der Waals surface area contributed by atoms with Crippen molar-refractivity contribution in [2.75, 3.05) is 13.1 Å². The third kappa shape index (κ3) is 3.69. The summed E-state index contributed by atoms with van der Waals surface area (Å²) in [6.07, 6.45) is 4.39. The maximum Gasteiger partial charge on any atom is 0.237 e. The van der Waals surface area contributed by atoms with Crippen molar-refractivity contribution in [3.63, 3.8) is 0 Å². The third-order valence-corrected chi connectivity index (χ3v) is 4.68. The number of primary amides is 1. The molecule has 2 rings (SSSR count). The standard InChI is InChI=1S/C15H29N3O/c1-11(18-8-7-14(2,3)10-18)9-15(4,13(16)19)17-12-5-6-12/h11-12,17H,5-10H2,1-4H3,(H2,16,19). The van der Waals surface area contributed by atoms with Gasteiger partial charge in [0.2, 0.25) is 5.91 Å². The zero-order valence-corrected chi connectivity index (χ0v) is 12.8. The summed E-state index contributed by atoms with van der Waals surface area (Å²) in [5.41, 5.74) is 5.47. The number of rotatable bonds is 6. The molecule has 0 aromatic heterocycles. The zero-order valence-electron chi connectivity index (χ0n) is 12.8. The Kier molecular flexibility index (Phi) is 3.94. The van der Waals surface area contributed by atoms with Crippen LogP contribution in [-0.2, 0) is 4.79 Å². The molecule has 1 saturated carbocycles. The maximum atomic E-state index is 11.8. The summed E-state index contributed by atoms with van der Waals surface area (Å²) < 4.78 is 0. The highest BCUT2D eigenvalue weighted by Gasteiger charge is 2.40. The summed E-state index contributed by atoms with van der Waals surface area (Å²) in [5, 5.41) is 3.44. The SMILES string of the molecule is CC(CC(C)(NC1CC1)C(N)=O)N1CCC(C)(C)C1. The van der Waals surface area contributed by atoms with Crippen molar-refractivity contribution in [1.82, 2.24) is 10.2 Å². The molecule has 1 aliphatic carbocycles. The number of amides is 1. The number of carbonyl (C=O) groups is 1. The second-order valence-electron chi connectivity index (χ2n) is 7.55. The third-order valence-electron chi connectivity index (χ3n) is 4.68. The second kappa shape index (κ2) is 5.06. The molecule has 2 unspecified atom stereocenters. The van der Waals surface area contributed by atoms with Crippen molar-refractivity contribution in [2.45, 2.75) is 71.0 Å². The molecule has 0 aromatic carbocycles. The van der Waals surface area contributed by atoms with Crippen molar-refractivity contribution in [1.29, 1.82) is 0 Å². The summed E-state index contributed by atoms with van der Waals surface area (Å²) in [4.78, 5) is 14.3. The smallest absolute Gasteiger partial charge is 0.237 e. The number of carbonyl (C=O) groups excluding carboxylic acids is 1. The minimum Gasteiger partial charge on any atom is -0.368 e. The van der Waals surface area contributed by atoms with Crippen molar-refractivity contribution in [3.8, 4) is 0 Å². The van der Waals surface area contributed by atoms with Gasteiger partial charge in [-0.05, 0) is 51.5 Å². The molecule has 4 nitrogen and oxygen atoms in total. The Morgan fingerprint density at radius 2 is 2.16 bits per heavy atom. The Balaban J connectivity index is 1.95. The van der Waals surface area contributed by atoms with E-state index in [2.05, 4.69) is 31.0 Å². The van der Waals surface area contributed by atoms with Gasteiger partial charge >= 0.3 is 0 Å². The molecule has 0 radical (unpaired) electrons.